The van der Waals surface area contributed by atoms with Crippen LogP contribution in [0.2, 0.25) is 0 Å². The minimum absolute atomic E-state index is 0.0611. The van der Waals surface area contributed by atoms with Crippen molar-refractivity contribution in [3.63, 3.8) is 0 Å². The Hall–Kier alpha value is -2.73. The van der Waals surface area contributed by atoms with Gasteiger partial charge in [0.2, 0.25) is 11.8 Å². The smallest absolute Gasteiger partial charge is 0.407 e. The molecule has 0 aliphatic carbocycles. The molecule has 2 rings (SSSR count). The standard InChI is InChI=1S/C42H73N3O8/c1-3-5-7-9-11-13-14-15-17-19-21-26-30-45(37(47)29-25-20-18-16-12-10-8-6-4-2)41-40(50)39(49)38(48)35(53-41)31-43-36(46)32-44-42(51)52-33-34-27-23-22-24-28-34/h22-24,27-28,35,38-41,48-50H,3-21,25-26,29-33H2,1-2H3,(H,43,46)(H,44,51)/t35-,38-,39+,40+,41-/m1/s1. The fourth-order valence-corrected chi connectivity index (χ4v) is 6.81. The van der Waals surface area contributed by atoms with Gasteiger partial charge in [-0.05, 0) is 18.4 Å². The fourth-order valence-electron chi connectivity index (χ4n) is 6.81. The molecule has 1 fully saturated rings. The minimum atomic E-state index is -1.58. The predicted molar refractivity (Wildman–Crippen MR) is 209 cm³/mol. The number of hydrogen-bond acceptors (Lipinski definition) is 8. The zero-order valence-corrected chi connectivity index (χ0v) is 33.0. The summed E-state index contributed by atoms with van der Waals surface area (Å²) in [6.07, 6.45) is 17.1. The number of rotatable bonds is 30. The van der Waals surface area contributed by atoms with E-state index in [0.717, 1.165) is 56.9 Å². The van der Waals surface area contributed by atoms with Crippen LogP contribution in [0.5, 0.6) is 0 Å². The summed E-state index contributed by atoms with van der Waals surface area (Å²) in [5.41, 5.74) is 0.810. The van der Waals surface area contributed by atoms with Gasteiger partial charge < -0.3 is 40.3 Å². The lowest BCUT2D eigenvalue weighted by molar-refractivity contribution is -0.255. The largest absolute Gasteiger partial charge is 0.445 e. The summed E-state index contributed by atoms with van der Waals surface area (Å²) in [4.78, 5) is 39.8. The summed E-state index contributed by atoms with van der Waals surface area (Å²) >= 11 is 0. The van der Waals surface area contributed by atoms with Crippen molar-refractivity contribution in [1.29, 1.82) is 0 Å². The van der Waals surface area contributed by atoms with Gasteiger partial charge in [-0.2, -0.15) is 0 Å². The number of hydrogen-bond donors (Lipinski definition) is 5. The molecule has 0 radical (unpaired) electrons. The third kappa shape index (κ3) is 20.5. The molecular weight excluding hydrogens is 674 g/mol. The van der Waals surface area contributed by atoms with E-state index >= 15 is 0 Å². The lowest BCUT2D eigenvalue weighted by Gasteiger charge is -2.45. The number of carbonyl (C=O) groups excluding carboxylic acids is 3. The van der Waals surface area contributed by atoms with Crippen LogP contribution in [0, 0.1) is 0 Å². The Bertz CT molecular complexity index is 1090. The van der Waals surface area contributed by atoms with E-state index in [4.69, 9.17) is 9.47 Å². The Morgan fingerprint density at radius 3 is 1.72 bits per heavy atom. The van der Waals surface area contributed by atoms with E-state index < -0.39 is 42.6 Å². The molecule has 304 valence electrons. The number of carbonyl (C=O) groups is 3. The molecule has 1 heterocycles. The normalized spacial score (nSPS) is 19.8. The Morgan fingerprint density at radius 2 is 1.17 bits per heavy atom. The Morgan fingerprint density at radius 1 is 0.660 bits per heavy atom. The number of aliphatic hydroxyl groups excluding tert-OH is 3. The van der Waals surface area contributed by atoms with Gasteiger partial charge in [0.05, 0.1) is 6.54 Å². The molecule has 11 nitrogen and oxygen atoms in total. The van der Waals surface area contributed by atoms with E-state index in [1.165, 1.54) is 88.4 Å². The van der Waals surface area contributed by atoms with Crippen LogP contribution >= 0.6 is 0 Å². The minimum Gasteiger partial charge on any atom is -0.445 e. The first-order valence-corrected chi connectivity index (χ1v) is 21.0. The van der Waals surface area contributed by atoms with E-state index in [1.807, 2.05) is 30.3 Å². The molecule has 1 aromatic rings. The number of unbranched alkanes of at least 4 members (excludes halogenated alkanes) is 19. The van der Waals surface area contributed by atoms with E-state index in [9.17, 15) is 29.7 Å². The Balaban J connectivity index is 1.87. The summed E-state index contributed by atoms with van der Waals surface area (Å²) in [5.74, 6) is -0.700. The number of alkyl carbamates (subject to hydrolysis) is 1. The average molecular weight is 748 g/mol. The van der Waals surface area contributed by atoms with Gasteiger partial charge in [-0.3, -0.25) is 9.59 Å². The van der Waals surface area contributed by atoms with Gasteiger partial charge in [-0.1, -0.05) is 166 Å². The number of aliphatic hydroxyl groups is 3. The van der Waals surface area contributed by atoms with Crippen LogP contribution in [0.25, 0.3) is 0 Å². The van der Waals surface area contributed by atoms with Gasteiger partial charge in [0.15, 0.2) is 6.23 Å². The monoisotopic (exact) mass is 748 g/mol. The van der Waals surface area contributed by atoms with Crippen LogP contribution < -0.4 is 10.6 Å². The molecule has 5 atom stereocenters. The highest BCUT2D eigenvalue weighted by atomic mass is 16.6. The summed E-state index contributed by atoms with van der Waals surface area (Å²) in [6.45, 7) is 4.32. The molecule has 0 spiro atoms. The van der Waals surface area contributed by atoms with E-state index in [2.05, 4.69) is 24.5 Å². The van der Waals surface area contributed by atoms with E-state index in [1.54, 1.807) is 0 Å². The van der Waals surface area contributed by atoms with Gasteiger partial charge in [0, 0.05) is 19.5 Å². The maximum Gasteiger partial charge on any atom is 0.407 e. The number of nitrogens with one attached hydrogen (secondary N) is 2. The number of amides is 3. The lowest BCUT2D eigenvalue weighted by Crippen LogP contribution is -2.65. The quantitative estimate of drug-likeness (QED) is 0.0514. The van der Waals surface area contributed by atoms with E-state index in [0.29, 0.717) is 13.0 Å². The van der Waals surface area contributed by atoms with Crippen LogP contribution in [0.15, 0.2) is 30.3 Å². The van der Waals surface area contributed by atoms with Gasteiger partial charge in [-0.15, -0.1) is 0 Å². The van der Waals surface area contributed by atoms with Crippen LogP contribution in [-0.2, 0) is 25.7 Å². The topological polar surface area (TPSA) is 158 Å². The second-order valence-corrected chi connectivity index (χ2v) is 14.8. The summed E-state index contributed by atoms with van der Waals surface area (Å²) in [5, 5.41) is 37.6. The number of benzene rings is 1. The third-order valence-electron chi connectivity index (χ3n) is 10.2. The third-order valence-corrected chi connectivity index (χ3v) is 10.2. The van der Waals surface area contributed by atoms with Crippen molar-refractivity contribution >= 4 is 17.9 Å². The zero-order valence-electron chi connectivity index (χ0n) is 33.0. The van der Waals surface area contributed by atoms with Crippen molar-refractivity contribution in [2.75, 3.05) is 19.6 Å². The van der Waals surface area contributed by atoms with Crippen molar-refractivity contribution < 1.29 is 39.2 Å². The lowest BCUT2D eigenvalue weighted by atomic mass is 9.96. The van der Waals surface area contributed by atoms with Crippen molar-refractivity contribution in [2.24, 2.45) is 0 Å². The first kappa shape index (κ1) is 46.4. The SMILES string of the molecule is CCCCCCCCCCCCCCN(C(=O)CCCCCCCCCCC)[C@@H]1O[C@H](CNC(=O)CNC(=O)OCc2ccccc2)[C@@H](O)[C@H](O)[C@@H]1O. The van der Waals surface area contributed by atoms with Crippen molar-refractivity contribution in [3.05, 3.63) is 35.9 Å². The second kappa shape index (κ2) is 29.6. The summed E-state index contributed by atoms with van der Waals surface area (Å²) in [6, 6.07) is 9.16. The average Bonchev–Trinajstić information content (AvgIpc) is 3.17. The van der Waals surface area contributed by atoms with E-state index in [-0.39, 0.29) is 25.6 Å². The predicted octanol–water partition coefficient (Wildman–Crippen LogP) is 7.29. The molecule has 1 aromatic carbocycles. The molecular formula is C42H73N3O8. The highest BCUT2D eigenvalue weighted by Gasteiger charge is 2.46. The van der Waals surface area contributed by atoms with Crippen molar-refractivity contribution in [2.45, 2.75) is 192 Å². The maximum absolute atomic E-state index is 13.7. The zero-order chi connectivity index (χ0) is 38.5. The van der Waals surface area contributed by atoms with Crippen LogP contribution in [0.3, 0.4) is 0 Å². The van der Waals surface area contributed by atoms with Crippen molar-refractivity contribution in [1.82, 2.24) is 15.5 Å². The maximum atomic E-state index is 13.7. The van der Waals surface area contributed by atoms with Gasteiger partial charge in [0.1, 0.15) is 31.0 Å². The molecule has 1 aliphatic rings. The number of nitrogens with zero attached hydrogens (tertiary/aromatic N) is 1. The fraction of sp³-hybridized carbons (Fsp3) is 0.786. The molecule has 5 N–H and O–H groups in total. The summed E-state index contributed by atoms with van der Waals surface area (Å²) < 4.78 is 11.2. The Labute approximate surface area is 320 Å². The van der Waals surface area contributed by atoms with Gasteiger partial charge >= 0.3 is 6.09 Å². The highest BCUT2D eigenvalue weighted by Crippen LogP contribution is 2.26. The Kier molecular flexibility index (Phi) is 25.9. The first-order chi connectivity index (χ1) is 25.8. The van der Waals surface area contributed by atoms with Crippen LogP contribution in [0.1, 0.15) is 161 Å². The highest BCUT2D eigenvalue weighted by molar-refractivity contribution is 5.82. The van der Waals surface area contributed by atoms with Gasteiger partial charge in [-0.25, -0.2) is 4.79 Å². The molecule has 3 amide bonds. The molecule has 1 aliphatic heterocycles. The van der Waals surface area contributed by atoms with Crippen LogP contribution in [-0.4, -0.2) is 88.4 Å². The molecule has 0 unspecified atom stereocenters. The van der Waals surface area contributed by atoms with Crippen molar-refractivity contribution in [3.8, 4) is 0 Å². The number of ether oxygens (including phenoxy) is 2. The molecule has 0 aromatic heterocycles. The molecule has 0 saturated carbocycles. The second-order valence-electron chi connectivity index (χ2n) is 14.8. The molecule has 53 heavy (non-hydrogen) atoms. The van der Waals surface area contributed by atoms with Crippen LogP contribution in [0.4, 0.5) is 4.79 Å². The summed E-state index contributed by atoms with van der Waals surface area (Å²) in [7, 11) is 0. The molecule has 1 saturated heterocycles. The first-order valence-electron chi connectivity index (χ1n) is 21.0. The molecule has 11 heteroatoms. The van der Waals surface area contributed by atoms with Gasteiger partial charge in [0.25, 0.3) is 0 Å². The molecule has 0 bridgehead atoms.